The van der Waals surface area contributed by atoms with Crippen molar-refractivity contribution in [2.45, 2.75) is 31.9 Å². The molecule has 1 aliphatic carbocycles. The Balaban J connectivity index is 1.63. The fourth-order valence-electron chi connectivity index (χ4n) is 2.69. The summed E-state index contributed by atoms with van der Waals surface area (Å²) in [5, 5.41) is 13.2. The van der Waals surface area contributed by atoms with Crippen molar-refractivity contribution in [2.24, 2.45) is 5.92 Å². The summed E-state index contributed by atoms with van der Waals surface area (Å²) >= 11 is 3.37. The number of rotatable bonds is 4. The summed E-state index contributed by atoms with van der Waals surface area (Å²) in [6.45, 7) is 1.61. The highest BCUT2D eigenvalue weighted by atomic mass is 79.9. The van der Waals surface area contributed by atoms with Gasteiger partial charge in [-0.05, 0) is 34.7 Å². The van der Waals surface area contributed by atoms with Crippen LogP contribution in [0.15, 0.2) is 23.2 Å². The van der Waals surface area contributed by atoms with Gasteiger partial charge in [-0.1, -0.05) is 6.42 Å². The van der Waals surface area contributed by atoms with Gasteiger partial charge in [0.2, 0.25) is 0 Å². The zero-order valence-corrected chi connectivity index (χ0v) is 12.2. The highest BCUT2D eigenvalue weighted by Crippen LogP contribution is 2.24. The molecular formula is C13H17BrN4O. The molecule has 0 spiro atoms. The first-order chi connectivity index (χ1) is 9.24. The number of halogens is 1. The van der Waals surface area contributed by atoms with Crippen molar-refractivity contribution in [3.63, 3.8) is 0 Å². The Kier molecular flexibility index (Phi) is 3.81. The molecule has 1 aliphatic rings. The molecular weight excluding hydrogens is 308 g/mol. The summed E-state index contributed by atoms with van der Waals surface area (Å²) < 4.78 is 2.82. The van der Waals surface area contributed by atoms with Crippen LogP contribution in [0.2, 0.25) is 0 Å². The summed E-state index contributed by atoms with van der Waals surface area (Å²) in [5.41, 5.74) is 1.95. The van der Waals surface area contributed by atoms with Gasteiger partial charge in [0.15, 0.2) is 5.65 Å². The fraction of sp³-hybridized carbons (Fsp3) is 0.538. The SMILES string of the molecule is OC1CCCC1CNCc1cnc2cnc(Br)cn12. The normalized spacial score (nSPS) is 23.3. The third-order valence-electron chi connectivity index (χ3n) is 3.77. The summed E-state index contributed by atoms with van der Waals surface area (Å²) in [6.07, 6.45) is 8.60. The number of aliphatic hydroxyl groups excluding tert-OH is 1. The second kappa shape index (κ2) is 5.56. The highest BCUT2D eigenvalue weighted by Gasteiger charge is 2.24. The largest absolute Gasteiger partial charge is 0.393 e. The fourth-order valence-corrected chi connectivity index (χ4v) is 2.99. The number of nitrogens with zero attached hydrogens (tertiary/aromatic N) is 3. The van der Waals surface area contributed by atoms with Gasteiger partial charge in [0, 0.05) is 19.3 Å². The first-order valence-electron chi connectivity index (χ1n) is 6.60. The van der Waals surface area contributed by atoms with E-state index in [2.05, 4.69) is 31.2 Å². The molecule has 2 unspecified atom stereocenters. The smallest absolute Gasteiger partial charge is 0.155 e. The zero-order chi connectivity index (χ0) is 13.2. The molecule has 1 saturated carbocycles. The molecule has 0 amide bonds. The molecule has 102 valence electrons. The monoisotopic (exact) mass is 324 g/mol. The van der Waals surface area contributed by atoms with Gasteiger partial charge in [0.25, 0.3) is 0 Å². The van der Waals surface area contributed by atoms with E-state index in [1.807, 2.05) is 16.8 Å². The molecule has 0 bridgehead atoms. The van der Waals surface area contributed by atoms with E-state index in [4.69, 9.17) is 0 Å². The topological polar surface area (TPSA) is 62.5 Å². The third-order valence-corrected chi connectivity index (χ3v) is 4.18. The second-order valence-corrected chi connectivity index (χ2v) is 5.89. The number of fused-ring (bicyclic) bond motifs is 1. The number of hydrogen-bond donors (Lipinski definition) is 2. The lowest BCUT2D eigenvalue weighted by molar-refractivity contribution is 0.131. The molecule has 5 nitrogen and oxygen atoms in total. The van der Waals surface area contributed by atoms with Gasteiger partial charge in [-0.25, -0.2) is 9.97 Å². The van der Waals surface area contributed by atoms with Crippen molar-refractivity contribution in [3.8, 4) is 0 Å². The van der Waals surface area contributed by atoms with E-state index in [1.165, 1.54) is 0 Å². The standard InChI is InChI=1S/C13H17BrN4O/c14-12-8-18-10(6-17-13(18)7-16-12)5-15-4-9-2-1-3-11(9)19/h6-9,11,15,19H,1-5H2. The molecule has 2 heterocycles. The maximum absolute atomic E-state index is 9.78. The maximum Gasteiger partial charge on any atom is 0.155 e. The van der Waals surface area contributed by atoms with Crippen molar-refractivity contribution in [1.82, 2.24) is 19.7 Å². The minimum absolute atomic E-state index is 0.131. The van der Waals surface area contributed by atoms with Gasteiger partial charge in [-0.15, -0.1) is 0 Å². The molecule has 1 fully saturated rings. The average molecular weight is 325 g/mol. The molecule has 2 aromatic heterocycles. The van der Waals surface area contributed by atoms with E-state index in [0.717, 1.165) is 48.3 Å². The van der Waals surface area contributed by atoms with Crippen LogP contribution in [0.1, 0.15) is 25.0 Å². The van der Waals surface area contributed by atoms with Gasteiger partial charge in [-0.3, -0.25) is 4.40 Å². The number of hydrogen-bond acceptors (Lipinski definition) is 4. The first kappa shape index (κ1) is 13.0. The number of aromatic nitrogens is 3. The Bertz CT molecular complexity index is 571. The van der Waals surface area contributed by atoms with Crippen molar-refractivity contribution < 1.29 is 5.11 Å². The van der Waals surface area contributed by atoms with E-state index < -0.39 is 0 Å². The molecule has 0 saturated heterocycles. The van der Waals surface area contributed by atoms with Crippen molar-refractivity contribution >= 4 is 21.6 Å². The van der Waals surface area contributed by atoms with Gasteiger partial charge in [0.05, 0.1) is 24.2 Å². The van der Waals surface area contributed by atoms with Crippen molar-refractivity contribution in [3.05, 3.63) is 28.9 Å². The molecule has 3 rings (SSSR count). The number of nitrogens with one attached hydrogen (secondary N) is 1. The van der Waals surface area contributed by atoms with E-state index in [0.29, 0.717) is 5.92 Å². The molecule has 2 aromatic rings. The summed E-state index contributed by atoms with van der Waals surface area (Å²) in [6, 6.07) is 0. The Morgan fingerprint density at radius 2 is 2.26 bits per heavy atom. The molecule has 0 aliphatic heterocycles. The third kappa shape index (κ3) is 2.80. The Morgan fingerprint density at radius 1 is 1.37 bits per heavy atom. The quantitative estimate of drug-likeness (QED) is 0.899. The van der Waals surface area contributed by atoms with Crippen LogP contribution in [-0.4, -0.2) is 32.1 Å². The lowest BCUT2D eigenvalue weighted by Crippen LogP contribution is -2.27. The second-order valence-electron chi connectivity index (χ2n) is 5.08. The summed E-state index contributed by atoms with van der Waals surface area (Å²) in [4.78, 5) is 8.47. The van der Waals surface area contributed by atoms with Crippen LogP contribution >= 0.6 is 15.9 Å². The minimum atomic E-state index is -0.131. The predicted molar refractivity (Wildman–Crippen MR) is 75.7 cm³/mol. The first-order valence-corrected chi connectivity index (χ1v) is 7.39. The van der Waals surface area contributed by atoms with E-state index in [1.54, 1.807) is 6.20 Å². The van der Waals surface area contributed by atoms with Crippen LogP contribution in [-0.2, 0) is 6.54 Å². The van der Waals surface area contributed by atoms with Gasteiger partial charge in [-0.2, -0.15) is 0 Å². The van der Waals surface area contributed by atoms with Crippen LogP contribution in [0.25, 0.3) is 5.65 Å². The molecule has 6 heteroatoms. The zero-order valence-electron chi connectivity index (χ0n) is 10.6. The molecule has 0 aromatic carbocycles. The van der Waals surface area contributed by atoms with Crippen molar-refractivity contribution in [1.29, 1.82) is 0 Å². The van der Waals surface area contributed by atoms with Crippen LogP contribution in [0, 0.1) is 5.92 Å². The van der Waals surface area contributed by atoms with E-state index in [-0.39, 0.29) is 6.10 Å². The van der Waals surface area contributed by atoms with Crippen LogP contribution in [0.3, 0.4) is 0 Å². The van der Waals surface area contributed by atoms with Crippen molar-refractivity contribution in [2.75, 3.05) is 6.54 Å². The average Bonchev–Trinajstić information content (AvgIpc) is 2.97. The molecule has 2 N–H and O–H groups in total. The van der Waals surface area contributed by atoms with Crippen LogP contribution in [0.4, 0.5) is 0 Å². The Hall–Kier alpha value is -0.980. The lowest BCUT2D eigenvalue weighted by Gasteiger charge is -2.14. The summed E-state index contributed by atoms with van der Waals surface area (Å²) in [5.74, 6) is 0.396. The van der Waals surface area contributed by atoms with Gasteiger partial charge >= 0.3 is 0 Å². The molecule has 0 radical (unpaired) electrons. The van der Waals surface area contributed by atoms with E-state index in [9.17, 15) is 5.11 Å². The molecule has 19 heavy (non-hydrogen) atoms. The molecule has 2 atom stereocenters. The Morgan fingerprint density at radius 3 is 3.05 bits per heavy atom. The van der Waals surface area contributed by atoms with Crippen LogP contribution in [0.5, 0.6) is 0 Å². The highest BCUT2D eigenvalue weighted by molar-refractivity contribution is 9.10. The van der Waals surface area contributed by atoms with Gasteiger partial charge < -0.3 is 10.4 Å². The van der Waals surface area contributed by atoms with E-state index >= 15 is 0 Å². The number of aliphatic hydroxyl groups is 1. The van der Waals surface area contributed by atoms with Gasteiger partial charge in [0.1, 0.15) is 4.60 Å². The maximum atomic E-state index is 9.78. The minimum Gasteiger partial charge on any atom is -0.393 e. The predicted octanol–water partition coefficient (Wildman–Crippen LogP) is 1.74. The lowest BCUT2D eigenvalue weighted by atomic mass is 10.1. The van der Waals surface area contributed by atoms with Crippen LogP contribution < -0.4 is 5.32 Å². The number of imidazole rings is 1. The Labute approximate surface area is 120 Å². The summed E-state index contributed by atoms with van der Waals surface area (Å²) in [7, 11) is 0.